The van der Waals surface area contributed by atoms with Crippen LogP contribution in [0.4, 0.5) is 5.69 Å². The number of rotatable bonds is 3. The van der Waals surface area contributed by atoms with E-state index in [4.69, 9.17) is 23.2 Å². The largest absolute Gasteiger partial charge is 0.321 e. The van der Waals surface area contributed by atoms with Gasteiger partial charge in [-0.2, -0.15) is 0 Å². The van der Waals surface area contributed by atoms with E-state index in [0.29, 0.717) is 21.4 Å². The molecule has 0 fully saturated rings. The van der Waals surface area contributed by atoms with Crippen LogP contribution in [0.3, 0.4) is 0 Å². The standard InChI is InChI=1S/C15H9Cl2N3OS/c16-10-4-11(17)6-12(5-10)19-14(21)13-8-22-15(20-13)9-2-1-3-18-7-9/h1-8H,(H,19,21). The summed E-state index contributed by atoms with van der Waals surface area (Å²) in [4.78, 5) is 20.6. The smallest absolute Gasteiger partial charge is 0.275 e. The van der Waals surface area contributed by atoms with E-state index in [1.54, 1.807) is 36.0 Å². The van der Waals surface area contributed by atoms with E-state index in [-0.39, 0.29) is 5.91 Å². The molecule has 0 aliphatic carbocycles. The molecule has 0 saturated carbocycles. The SMILES string of the molecule is O=C(Nc1cc(Cl)cc(Cl)c1)c1csc(-c2cccnc2)n1. The number of aromatic nitrogens is 2. The van der Waals surface area contributed by atoms with Gasteiger partial charge in [0.25, 0.3) is 5.91 Å². The Kier molecular flexibility index (Phi) is 4.38. The minimum atomic E-state index is -0.315. The summed E-state index contributed by atoms with van der Waals surface area (Å²) in [6.45, 7) is 0. The number of nitrogens with zero attached hydrogens (tertiary/aromatic N) is 2. The van der Waals surface area contributed by atoms with Crippen LogP contribution in [0.2, 0.25) is 10.0 Å². The Balaban J connectivity index is 1.80. The fraction of sp³-hybridized carbons (Fsp3) is 0. The van der Waals surface area contributed by atoms with E-state index in [2.05, 4.69) is 15.3 Å². The molecule has 0 spiro atoms. The third-order valence-electron chi connectivity index (χ3n) is 2.77. The molecule has 0 radical (unpaired) electrons. The van der Waals surface area contributed by atoms with Crippen molar-refractivity contribution in [2.75, 3.05) is 5.32 Å². The summed E-state index contributed by atoms with van der Waals surface area (Å²) >= 11 is 13.2. The van der Waals surface area contributed by atoms with Crippen LogP contribution in [-0.4, -0.2) is 15.9 Å². The van der Waals surface area contributed by atoms with Crippen LogP contribution in [0.15, 0.2) is 48.1 Å². The molecule has 22 heavy (non-hydrogen) atoms. The molecule has 3 aromatic rings. The second kappa shape index (κ2) is 6.44. The molecular weight excluding hydrogens is 341 g/mol. The molecule has 1 N–H and O–H groups in total. The van der Waals surface area contributed by atoms with Gasteiger partial charge in [0, 0.05) is 39.1 Å². The summed E-state index contributed by atoms with van der Waals surface area (Å²) in [5, 5.41) is 6.07. The molecule has 1 aromatic carbocycles. The first-order chi connectivity index (χ1) is 10.6. The van der Waals surface area contributed by atoms with Gasteiger partial charge in [-0.25, -0.2) is 4.98 Å². The molecule has 0 bridgehead atoms. The molecule has 3 rings (SSSR count). The van der Waals surface area contributed by atoms with Gasteiger partial charge in [-0.15, -0.1) is 11.3 Å². The zero-order valence-corrected chi connectivity index (χ0v) is 13.4. The third-order valence-corrected chi connectivity index (χ3v) is 4.09. The van der Waals surface area contributed by atoms with Crippen molar-refractivity contribution in [1.82, 2.24) is 9.97 Å². The van der Waals surface area contributed by atoms with Gasteiger partial charge in [0.1, 0.15) is 10.7 Å². The lowest BCUT2D eigenvalue weighted by Gasteiger charge is -2.04. The Morgan fingerprint density at radius 3 is 2.64 bits per heavy atom. The predicted octanol–water partition coefficient (Wildman–Crippen LogP) is 4.76. The van der Waals surface area contributed by atoms with Gasteiger partial charge < -0.3 is 5.32 Å². The van der Waals surface area contributed by atoms with Crippen molar-refractivity contribution in [3.05, 3.63) is 63.8 Å². The number of halogens is 2. The lowest BCUT2D eigenvalue weighted by Crippen LogP contribution is -2.12. The Bertz CT molecular complexity index is 800. The highest BCUT2D eigenvalue weighted by atomic mass is 35.5. The number of amides is 1. The van der Waals surface area contributed by atoms with E-state index in [9.17, 15) is 4.79 Å². The number of benzene rings is 1. The number of anilines is 1. The molecule has 0 atom stereocenters. The predicted molar refractivity (Wildman–Crippen MR) is 89.8 cm³/mol. The molecule has 0 aliphatic heterocycles. The molecular formula is C15H9Cl2N3OS. The second-order valence-corrected chi connectivity index (χ2v) is 6.12. The monoisotopic (exact) mass is 349 g/mol. The number of carbonyl (C=O) groups is 1. The summed E-state index contributed by atoms with van der Waals surface area (Å²) in [6, 6.07) is 8.57. The second-order valence-electron chi connectivity index (χ2n) is 4.39. The summed E-state index contributed by atoms with van der Waals surface area (Å²) < 4.78 is 0. The van der Waals surface area contributed by atoms with Crippen LogP contribution < -0.4 is 5.32 Å². The molecule has 0 unspecified atom stereocenters. The third kappa shape index (κ3) is 3.44. The normalized spacial score (nSPS) is 10.5. The Labute approximate surface area is 140 Å². The molecule has 0 saturated heterocycles. The van der Waals surface area contributed by atoms with Crippen LogP contribution in [0.25, 0.3) is 10.6 Å². The van der Waals surface area contributed by atoms with Crippen LogP contribution in [0.1, 0.15) is 10.5 Å². The number of hydrogen-bond donors (Lipinski definition) is 1. The van der Waals surface area contributed by atoms with E-state index in [0.717, 1.165) is 10.6 Å². The fourth-order valence-corrected chi connectivity index (χ4v) is 3.14. The van der Waals surface area contributed by atoms with Crippen LogP contribution in [-0.2, 0) is 0 Å². The maximum atomic E-state index is 12.2. The maximum Gasteiger partial charge on any atom is 0.275 e. The van der Waals surface area contributed by atoms with Gasteiger partial charge in [-0.1, -0.05) is 23.2 Å². The molecule has 2 aromatic heterocycles. The van der Waals surface area contributed by atoms with Gasteiger partial charge in [-0.3, -0.25) is 9.78 Å². The number of hydrogen-bond acceptors (Lipinski definition) is 4. The van der Waals surface area contributed by atoms with E-state index < -0.39 is 0 Å². The minimum absolute atomic E-state index is 0.315. The van der Waals surface area contributed by atoms with Crippen molar-refractivity contribution in [3.63, 3.8) is 0 Å². The Hall–Kier alpha value is -1.95. The summed E-state index contributed by atoms with van der Waals surface area (Å²) in [6.07, 6.45) is 3.39. The van der Waals surface area contributed by atoms with E-state index in [1.807, 2.05) is 12.1 Å². The van der Waals surface area contributed by atoms with Crippen LogP contribution in [0.5, 0.6) is 0 Å². The Morgan fingerprint density at radius 2 is 1.95 bits per heavy atom. The maximum absolute atomic E-state index is 12.2. The van der Waals surface area contributed by atoms with Crippen molar-refractivity contribution in [1.29, 1.82) is 0 Å². The molecule has 110 valence electrons. The van der Waals surface area contributed by atoms with Gasteiger partial charge >= 0.3 is 0 Å². The molecule has 1 amide bonds. The average Bonchev–Trinajstić information content (AvgIpc) is 2.97. The first-order valence-electron chi connectivity index (χ1n) is 6.25. The van der Waals surface area contributed by atoms with Gasteiger partial charge in [-0.05, 0) is 30.3 Å². The lowest BCUT2D eigenvalue weighted by atomic mass is 10.3. The average molecular weight is 350 g/mol. The van der Waals surface area contributed by atoms with Gasteiger partial charge in [0.05, 0.1) is 0 Å². The van der Waals surface area contributed by atoms with Crippen LogP contribution in [0, 0.1) is 0 Å². The number of nitrogens with one attached hydrogen (secondary N) is 1. The highest BCUT2D eigenvalue weighted by molar-refractivity contribution is 7.13. The van der Waals surface area contributed by atoms with Crippen molar-refractivity contribution in [3.8, 4) is 10.6 Å². The summed E-state index contributed by atoms with van der Waals surface area (Å²) in [7, 11) is 0. The lowest BCUT2D eigenvalue weighted by molar-refractivity contribution is 0.102. The van der Waals surface area contributed by atoms with Crippen LogP contribution >= 0.6 is 34.5 Å². The zero-order valence-electron chi connectivity index (χ0n) is 11.1. The number of pyridine rings is 1. The number of thiazole rings is 1. The first kappa shape index (κ1) is 15.0. The molecule has 7 heteroatoms. The topological polar surface area (TPSA) is 54.9 Å². The highest BCUT2D eigenvalue weighted by Gasteiger charge is 2.12. The van der Waals surface area contributed by atoms with E-state index >= 15 is 0 Å². The Morgan fingerprint density at radius 1 is 1.18 bits per heavy atom. The fourth-order valence-electron chi connectivity index (χ4n) is 1.82. The van der Waals surface area contributed by atoms with Crippen molar-refractivity contribution < 1.29 is 4.79 Å². The summed E-state index contributed by atoms with van der Waals surface area (Å²) in [5.74, 6) is -0.315. The highest BCUT2D eigenvalue weighted by Crippen LogP contribution is 2.25. The first-order valence-corrected chi connectivity index (χ1v) is 7.89. The quantitative estimate of drug-likeness (QED) is 0.741. The summed E-state index contributed by atoms with van der Waals surface area (Å²) in [5.41, 5.74) is 1.73. The van der Waals surface area contributed by atoms with Crippen molar-refractivity contribution >= 4 is 46.1 Å². The zero-order chi connectivity index (χ0) is 15.5. The van der Waals surface area contributed by atoms with E-state index in [1.165, 1.54) is 11.3 Å². The molecule has 2 heterocycles. The number of carbonyl (C=O) groups excluding carboxylic acids is 1. The minimum Gasteiger partial charge on any atom is -0.321 e. The van der Waals surface area contributed by atoms with Gasteiger partial charge in [0.15, 0.2) is 0 Å². The molecule has 0 aliphatic rings. The van der Waals surface area contributed by atoms with Gasteiger partial charge in [0.2, 0.25) is 0 Å². The van der Waals surface area contributed by atoms with Crippen molar-refractivity contribution in [2.24, 2.45) is 0 Å². The molecule has 4 nitrogen and oxygen atoms in total. The van der Waals surface area contributed by atoms with Crippen molar-refractivity contribution in [2.45, 2.75) is 0 Å².